The summed E-state index contributed by atoms with van der Waals surface area (Å²) in [5.41, 5.74) is 0.978. The molecule has 2 rings (SSSR count). The Morgan fingerprint density at radius 3 is 2.79 bits per heavy atom. The van der Waals surface area contributed by atoms with Crippen LogP contribution in [0.5, 0.6) is 0 Å². The Morgan fingerprint density at radius 2 is 2.21 bits per heavy atom. The maximum atomic E-state index is 11.6. The highest BCUT2D eigenvalue weighted by molar-refractivity contribution is 8.00. The van der Waals surface area contributed by atoms with Crippen LogP contribution in [0.4, 0.5) is 0 Å². The van der Waals surface area contributed by atoms with Gasteiger partial charge in [0.15, 0.2) is 5.84 Å². The van der Waals surface area contributed by atoms with E-state index in [-0.39, 0.29) is 4.92 Å². The van der Waals surface area contributed by atoms with E-state index in [2.05, 4.69) is 29.6 Å². The van der Waals surface area contributed by atoms with Crippen molar-refractivity contribution >= 4 is 37.3 Å². The monoisotopic (exact) mass is 386 g/mol. The molecule has 1 aliphatic rings. The molecule has 2 heterocycles. The fraction of sp³-hybridized carbons (Fsp3) is 0.600. The fourth-order valence-electron chi connectivity index (χ4n) is 2.40. The van der Waals surface area contributed by atoms with Gasteiger partial charge in [0.1, 0.15) is 5.15 Å². The second kappa shape index (κ2) is 8.31. The maximum Gasteiger partial charge on any atom is 0.278 e. The smallest absolute Gasteiger partial charge is 0.278 e. The second-order valence-corrected chi connectivity index (χ2v) is 14.4. The Bertz CT molecular complexity index is 606. The SMILES string of the molecule is C[Si](C)(C)CSCC(C1=NCCN1Cc1ccc(Cl)nc1)[N+](=O)[O-]. The number of halogens is 1. The van der Waals surface area contributed by atoms with Crippen molar-refractivity contribution in [2.24, 2.45) is 4.99 Å². The van der Waals surface area contributed by atoms with Crippen LogP contribution in [0.3, 0.4) is 0 Å². The summed E-state index contributed by atoms with van der Waals surface area (Å²) in [5.74, 6) is 1.07. The van der Waals surface area contributed by atoms with Gasteiger partial charge in [0.25, 0.3) is 6.04 Å². The molecule has 0 radical (unpaired) electrons. The van der Waals surface area contributed by atoms with E-state index in [4.69, 9.17) is 11.6 Å². The van der Waals surface area contributed by atoms with E-state index < -0.39 is 14.1 Å². The molecule has 132 valence electrons. The van der Waals surface area contributed by atoms with Crippen molar-refractivity contribution in [2.45, 2.75) is 32.2 Å². The third-order valence-corrected chi connectivity index (χ3v) is 8.55. The molecule has 1 atom stereocenters. The third kappa shape index (κ3) is 5.75. The van der Waals surface area contributed by atoms with Gasteiger partial charge in [0.05, 0.1) is 20.4 Å². The van der Waals surface area contributed by atoms with Crippen LogP contribution in [-0.2, 0) is 6.54 Å². The first-order valence-electron chi connectivity index (χ1n) is 7.87. The van der Waals surface area contributed by atoms with Crippen LogP contribution in [0.2, 0.25) is 24.8 Å². The van der Waals surface area contributed by atoms with Crippen LogP contribution in [0, 0.1) is 10.1 Å². The zero-order valence-corrected chi connectivity index (χ0v) is 16.8. The summed E-state index contributed by atoms with van der Waals surface area (Å²) in [6, 6.07) is 2.89. The molecule has 0 fully saturated rings. The normalized spacial score (nSPS) is 16.2. The van der Waals surface area contributed by atoms with Crippen molar-refractivity contribution in [3.63, 3.8) is 0 Å². The van der Waals surface area contributed by atoms with Crippen LogP contribution in [0.15, 0.2) is 23.3 Å². The molecule has 24 heavy (non-hydrogen) atoms. The van der Waals surface area contributed by atoms with Crippen LogP contribution < -0.4 is 0 Å². The minimum absolute atomic E-state index is 0.200. The van der Waals surface area contributed by atoms with Gasteiger partial charge in [0.2, 0.25) is 0 Å². The summed E-state index contributed by atoms with van der Waals surface area (Å²) in [4.78, 5) is 21.8. The topological polar surface area (TPSA) is 71.6 Å². The number of rotatable bonds is 8. The minimum Gasteiger partial charge on any atom is -0.348 e. The lowest BCUT2D eigenvalue weighted by molar-refractivity contribution is -0.498. The average Bonchev–Trinajstić information content (AvgIpc) is 2.92. The number of aliphatic imine (C=N–C) groups is 1. The van der Waals surface area contributed by atoms with Crippen molar-refractivity contribution in [2.75, 3.05) is 24.2 Å². The molecule has 1 aliphatic heterocycles. The highest BCUT2D eigenvalue weighted by atomic mass is 35.5. The summed E-state index contributed by atoms with van der Waals surface area (Å²) in [6.45, 7) is 8.71. The highest BCUT2D eigenvalue weighted by Crippen LogP contribution is 2.19. The molecule has 0 N–H and O–H groups in total. The second-order valence-electron chi connectivity index (χ2n) is 7.03. The van der Waals surface area contributed by atoms with Gasteiger partial charge >= 0.3 is 0 Å². The molecule has 0 amide bonds. The van der Waals surface area contributed by atoms with E-state index in [9.17, 15) is 10.1 Å². The lowest BCUT2D eigenvalue weighted by Crippen LogP contribution is -2.42. The quantitative estimate of drug-likeness (QED) is 0.297. The lowest BCUT2D eigenvalue weighted by atomic mass is 10.2. The first-order chi connectivity index (χ1) is 11.3. The number of hydrogen-bond acceptors (Lipinski definition) is 6. The Hall–Kier alpha value is -1.12. The largest absolute Gasteiger partial charge is 0.348 e. The van der Waals surface area contributed by atoms with Gasteiger partial charge in [-0.05, 0) is 17.0 Å². The number of amidine groups is 1. The van der Waals surface area contributed by atoms with Gasteiger partial charge < -0.3 is 4.90 Å². The van der Waals surface area contributed by atoms with Crippen LogP contribution in [-0.4, -0.2) is 59.0 Å². The number of nitrogens with zero attached hydrogens (tertiary/aromatic N) is 4. The van der Waals surface area contributed by atoms with Crippen molar-refractivity contribution in [1.29, 1.82) is 0 Å². The van der Waals surface area contributed by atoms with E-state index in [0.29, 0.717) is 36.4 Å². The molecule has 0 saturated heterocycles. The highest BCUT2D eigenvalue weighted by Gasteiger charge is 2.34. The van der Waals surface area contributed by atoms with Crippen molar-refractivity contribution in [1.82, 2.24) is 9.88 Å². The summed E-state index contributed by atoms with van der Waals surface area (Å²) in [6.07, 6.45) is 1.71. The van der Waals surface area contributed by atoms with Crippen LogP contribution in [0.25, 0.3) is 0 Å². The van der Waals surface area contributed by atoms with E-state index in [1.54, 1.807) is 24.0 Å². The molecule has 0 aromatic carbocycles. The average molecular weight is 387 g/mol. The Labute approximate surface area is 152 Å². The summed E-state index contributed by atoms with van der Waals surface area (Å²) in [5, 5.41) is 13.0. The van der Waals surface area contributed by atoms with Gasteiger partial charge in [-0.25, -0.2) is 4.98 Å². The van der Waals surface area contributed by atoms with E-state index >= 15 is 0 Å². The Balaban J connectivity index is 2.02. The number of aromatic nitrogens is 1. The van der Waals surface area contributed by atoms with Crippen LogP contribution >= 0.6 is 23.4 Å². The molecule has 0 aliphatic carbocycles. The van der Waals surface area contributed by atoms with Gasteiger partial charge in [-0.2, -0.15) is 11.8 Å². The molecule has 0 saturated carbocycles. The molecular weight excluding hydrogens is 364 g/mol. The summed E-state index contributed by atoms with van der Waals surface area (Å²) in [7, 11) is -1.22. The third-order valence-electron chi connectivity index (χ3n) is 3.49. The molecule has 0 bridgehead atoms. The Kier molecular flexibility index (Phi) is 6.65. The number of hydrogen-bond donors (Lipinski definition) is 0. The minimum atomic E-state index is -1.22. The summed E-state index contributed by atoms with van der Waals surface area (Å²) < 4.78 is 0. The fourth-order valence-corrected chi connectivity index (χ4v) is 5.93. The molecule has 9 heteroatoms. The molecule has 1 aromatic heterocycles. The van der Waals surface area contributed by atoms with Crippen molar-refractivity contribution in [3.05, 3.63) is 39.2 Å². The van der Waals surface area contributed by atoms with E-state index in [1.165, 1.54) is 0 Å². The molecule has 1 unspecified atom stereocenters. The number of nitro groups is 1. The number of pyridine rings is 1. The van der Waals surface area contributed by atoms with Gasteiger partial charge in [0, 0.05) is 24.2 Å². The molecular formula is C15H23ClN4O2SSi. The zero-order valence-electron chi connectivity index (χ0n) is 14.2. The zero-order chi connectivity index (χ0) is 17.7. The van der Waals surface area contributed by atoms with Gasteiger partial charge in [-0.3, -0.25) is 15.1 Å². The maximum absolute atomic E-state index is 11.6. The first-order valence-corrected chi connectivity index (χ1v) is 13.1. The predicted molar refractivity (Wildman–Crippen MR) is 103 cm³/mol. The number of thioether (sulfide) groups is 1. The Morgan fingerprint density at radius 1 is 1.46 bits per heavy atom. The van der Waals surface area contributed by atoms with Gasteiger partial charge in [-0.15, -0.1) is 0 Å². The van der Waals surface area contributed by atoms with Crippen molar-refractivity contribution < 1.29 is 4.92 Å². The first kappa shape index (κ1) is 19.2. The molecule has 1 aromatic rings. The lowest BCUT2D eigenvalue weighted by Gasteiger charge is -2.23. The molecule has 0 spiro atoms. The van der Waals surface area contributed by atoms with E-state index in [1.807, 2.05) is 11.0 Å². The van der Waals surface area contributed by atoms with E-state index in [0.717, 1.165) is 10.9 Å². The molecule has 6 nitrogen and oxygen atoms in total. The van der Waals surface area contributed by atoms with Crippen molar-refractivity contribution in [3.8, 4) is 0 Å². The predicted octanol–water partition coefficient (Wildman–Crippen LogP) is 3.21. The van der Waals surface area contributed by atoms with Crippen LogP contribution in [0.1, 0.15) is 5.56 Å². The standard InChI is InChI=1S/C15H23ClN4O2SSi/c1-24(2,3)11-23-10-13(20(21)22)15-17-6-7-19(15)9-12-4-5-14(16)18-8-12/h4-5,8,13H,6-7,9-11H2,1-3H3. The summed E-state index contributed by atoms with van der Waals surface area (Å²) >= 11 is 7.48. The van der Waals surface area contributed by atoms with Gasteiger partial charge in [-0.1, -0.05) is 37.3 Å².